The SMILES string of the molecule is Cc1ccc(F)cc1NCc1ccc(C#N)s1. The smallest absolute Gasteiger partial charge is 0.125 e. The third kappa shape index (κ3) is 2.83. The monoisotopic (exact) mass is 246 g/mol. The van der Waals surface area contributed by atoms with Crippen LogP contribution in [-0.4, -0.2) is 0 Å². The minimum atomic E-state index is -0.248. The number of anilines is 1. The van der Waals surface area contributed by atoms with Crippen molar-refractivity contribution in [3.63, 3.8) is 0 Å². The lowest BCUT2D eigenvalue weighted by Crippen LogP contribution is -1.99. The Kier molecular flexibility index (Phi) is 3.40. The lowest BCUT2D eigenvalue weighted by atomic mass is 10.2. The number of hydrogen-bond donors (Lipinski definition) is 1. The fraction of sp³-hybridized carbons (Fsp3) is 0.154. The van der Waals surface area contributed by atoms with Crippen LogP contribution in [0.5, 0.6) is 0 Å². The van der Waals surface area contributed by atoms with E-state index in [2.05, 4.69) is 11.4 Å². The van der Waals surface area contributed by atoms with E-state index in [-0.39, 0.29) is 5.82 Å². The Morgan fingerprint density at radius 3 is 2.88 bits per heavy atom. The number of nitrogens with one attached hydrogen (secondary N) is 1. The fourth-order valence-corrected chi connectivity index (χ4v) is 2.24. The van der Waals surface area contributed by atoms with Gasteiger partial charge in [-0.25, -0.2) is 4.39 Å². The lowest BCUT2D eigenvalue weighted by molar-refractivity contribution is 0.628. The van der Waals surface area contributed by atoms with Crippen molar-refractivity contribution < 1.29 is 4.39 Å². The number of thiophene rings is 1. The van der Waals surface area contributed by atoms with E-state index >= 15 is 0 Å². The summed E-state index contributed by atoms with van der Waals surface area (Å²) in [6, 6.07) is 10.5. The van der Waals surface area contributed by atoms with Gasteiger partial charge in [-0.3, -0.25) is 0 Å². The van der Waals surface area contributed by atoms with Crippen molar-refractivity contribution in [3.05, 3.63) is 51.5 Å². The highest BCUT2D eigenvalue weighted by molar-refractivity contribution is 7.12. The Labute approximate surface area is 103 Å². The molecule has 86 valence electrons. The Morgan fingerprint density at radius 1 is 1.35 bits per heavy atom. The van der Waals surface area contributed by atoms with Gasteiger partial charge in [0.2, 0.25) is 0 Å². The largest absolute Gasteiger partial charge is 0.380 e. The predicted molar refractivity (Wildman–Crippen MR) is 67.5 cm³/mol. The van der Waals surface area contributed by atoms with Crippen LogP contribution in [0.1, 0.15) is 15.3 Å². The summed E-state index contributed by atoms with van der Waals surface area (Å²) in [5, 5.41) is 11.9. The summed E-state index contributed by atoms with van der Waals surface area (Å²) in [4.78, 5) is 1.75. The van der Waals surface area contributed by atoms with Crippen LogP contribution in [0.25, 0.3) is 0 Å². The summed E-state index contributed by atoms with van der Waals surface area (Å²) < 4.78 is 13.1. The third-order valence-corrected chi connectivity index (χ3v) is 3.41. The third-order valence-electron chi connectivity index (χ3n) is 2.42. The van der Waals surface area contributed by atoms with Gasteiger partial charge in [0.1, 0.15) is 16.8 Å². The molecule has 2 aromatic rings. The molecule has 1 aromatic heterocycles. The quantitative estimate of drug-likeness (QED) is 0.896. The van der Waals surface area contributed by atoms with Crippen LogP contribution < -0.4 is 5.32 Å². The molecule has 0 saturated carbocycles. The van der Waals surface area contributed by atoms with Gasteiger partial charge in [-0.1, -0.05) is 6.07 Å². The molecule has 0 spiro atoms. The minimum absolute atomic E-state index is 0.248. The van der Waals surface area contributed by atoms with Crippen molar-refractivity contribution in [2.24, 2.45) is 0 Å². The van der Waals surface area contributed by atoms with Crippen molar-refractivity contribution in [2.45, 2.75) is 13.5 Å². The van der Waals surface area contributed by atoms with E-state index in [1.165, 1.54) is 23.5 Å². The molecule has 0 saturated heterocycles. The zero-order chi connectivity index (χ0) is 12.3. The first kappa shape index (κ1) is 11.6. The zero-order valence-electron chi connectivity index (χ0n) is 9.33. The van der Waals surface area contributed by atoms with Gasteiger partial charge in [-0.05, 0) is 36.8 Å². The first-order chi connectivity index (χ1) is 8.19. The first-order valence-electron chi connectivity index (χ1n) is 5.18. The van der Waals surface area contributed by atoms with Gasteiger partial charge >= 0.3 is 0 Å². The Morgan fingerprint density at radius 2 is 2.18 bits per heavy atom. The lowest BCUT2D eigenvalue weighted by Gasteiger charge is -2.08. The second-order valence-corrected chi connectivity index (χ2v) is 4.86. The number of aryl methyl sites for hydroxylation is 1. The van der Waals surface area contributed by atoms with E-state index in [4.69, 9.17) is 5.26 Å². The van der Waals surface area contributed by atoms with Gasteiger partial charge in [-0.15, -0.1) is 11.3 Å². The van der Waals surface area contributed by atoms with Crippen molar-refractivity contribution in [2.75, 3.05) is 5.32 Å². The van der Waals surface area contributed by atoms with E-state index in [1.807, 2.05) is 13.0 Å². The van der Waals surface area contributed by atoms with Gasteiger partial charge < -0.3 is 5.32 Å². The molecule has 0 atom stereocenters. The molecule has 0 amide bonds. The Bertz CT molecular complexity index is 569. The fourth-order valence-electron chi connectivity index (χ4n) is 1.50. The molecule has 0 radical (unpaired) electrons. The van der Waals surface area contributed by atoms with E-state index in [0.717, 1.165) is 16.1 Å². The molecule has 0 aliphatic carbocycles. The van der Waals surface area contributed by atoms with Crippen molar-refractivity contribution in [1.29, 1.82) is 5.26 Å². The van der Waals surface area contributed by atoms with Crippen LogP contribution in [0.3, 0.4) is 0 Å². The van der Waals surface area contributed by atoms with Crippen molar-refractivity contribution >= 4 is 17.0 Å². The van der Waals surface area contributed by atoms with Gasteiger partial charge in [0, 0.05) is 17.1 Å². The molecule has 0 aliphatic heterocycles. The Balaban J connectivity index is 2.07. The van der Waals surface area contributed by atoms with Crippen LogP contribution in [-0.2, 0) is 6.54 Å². The van der Waals surface area contributed by atoms with Crippen LogP contribution in [0.2, 0.25) is 0 Å². The summed E-state index contributed by atoms with van der Waals surface area (Å²) in [6.07, 6.45) is 0. The standard InChI is InChI=1S/C13H11FN2S/c1-9-2-3-10(14)6-13(9)16-8-12-5-4-11(7-15)17-12/h2-6,16H,8H2,1H3. The molecule has 0 aliphatic rings. The maximum absolute atomic E-state index is 13.1. The number of rotatable bonds is 3. The topological polar surface area (TPSA) is 35.8 Å². The number of benzene rings is 1. The number of nitriles is 1. The number of halogens is 1. The summed E-state index contributed by atoms with van der Waals surface area (Å²) in [5.41, 5.74) is 1.79. The summed E-state index contributed by atoms with van der Waals surface area (Å²) in [6.45, 7) is 2.54. The molecule has 4 heteroatoms. The highest BCUT2D eigenvalue weighted by atomic mass is 32.1. The van der Waals surface area contributed by atoms with E-state index < -0.39 is 0 Å². The highest BCUT2D eigenvalue weighted by Crippen LogP contribution is 2.20. The minimum Gasteiger partial charge on any atom is -0.380 e. The maximum Gasteiger partial charge on any atom is 0.125 e. The van der Waals surface area contributed by atoms with Crippen molar-refractivity contribution in [3.8, 4) is 6.07 Å². The molecule has 2 rings (SSSR count). The van der Waals surface area contributed by atoms with Crippen molar-refractivity contribution in [1.82, 2.24) is 0 Å². The molecule has 0 unspecified atom stereocenters. The van der Waals surface area contributed by atoms with Crippen LogP contribution in [0, 0.1) is 24.1 Å². The molecule has 17 heavy (non-hydrogen) atoms. The van der Waals surface area contributed by atoms with E-state index in [1.54, 1.807) is 12.1 Å². The van der Waals surface area contributed by atoms with Gasteiger partial charge in [0.25, 0.3) is 0 Å². The number of hydrogen-bond acceptors (Lipinski definition) is 3. The summed E-state index contributed by atoms with van der Waals surface area (Å²) in [5.74, 6) is -0.248. The molecule has 1 aromatic carbocycles. The van der Waals surface area contributed by atoms with Crippen LogP contribution in [0.4, 0.5) is 10.1 Å². The van der Waals surface area contributed by atoms with Gasteiger partial charge in [0.05, 0.1) is 0 Å². The molecule has 1 N–H and O–H groups in total. The second-order valence-electron chi connectivity index (χ2n) is 3.69. The molecular weight excluding hydrogens is 235 g/mol. The molecular formula is C13H11FN2S. The molecule has 1 heterocycles. The second kappa shape index (κ2) is 4.98. The number of nitrogens with zero attached hydrogens (tertiary/aromatic N) is 1. The van der Waals surface area contributed by atoms with Crippen LogP contribution >= 0.6 is 11.3 Å². The maximum atomic E-state index is 13.1. The zero-order valence-corrected chi connectivity index (χ0v) is 10.1. The highest BCUT2D eigenvalue weighted by Gasteiger charge is 2.02. The summed E-state index contributed by atoms with van der Waals surface area (Å²) in [7, 11) is 0. The first-order valence-corrected chi connectivity index (χ1v) is 5.99. The van der Waals surface area contributed by atoms with Crippen LogP contribution in [0.15, 0.2) is 30.3 Å². The van der Waals surface area contributed by atoms with E-state index in [9.17, 15) is 4.39 Å². The summed E-state index contributed by atoms with van der Waals surface area (Å²) >= 11 is 1.44. The molecule has 2 nitrogen and oxygen atoms in total. The average molecular weight is 246 g/mol. The Hall–Kier alpha value is -1.86. The molecule has 0 fully saturated rings. The normalized spacial score (nSPS) is 9.94. The average Bonchev–Trinajstić information content (AvgIpc) is 2.78. The van der Waals surface area contributed by atoms with Gasteiger partial charge in [-0.2, -0.15) is 5.26 Å². The predicted octanol–water partition coefficient (Wildman–Crippen LogP) is 3.68. The van der Waals surface area contributed by atoms with Gasteiger partial charge in [0.15, 0.2) is 0 Å². The molecule has 0 bridgehead atoms. The van der Waals surface area contributed by atoms with E-state index in [0.29, 0.717) is 11.4 Å².